The van der Waals surface area contributed by atoms with Crippen molar-refractivity contribution in [2.45, 2.75) is 26.7 Å². The minimum atomic E-state index is 0.607. The first-order valence-electron chi connectivity index (χ1n) is 6.97. The molecule has 3 heteroatoms. The largest absolute Gasteiger partial charge is 0.492 e. The number of rotatable bonds is 8. The molecule has 0 spiro atoms. The van der Waals surface area contributed by atoms with E-state index in [1.165, 1.54) is 6.42 Å². The van der Waals surface area contributed by atoms with Gasteiger partial charge < -0.3 is 9.64 Å². The van der Waals surface area contributed by atoms with Gasteiger partial charge in [0.15, 0.2) is 0 Å². The van der Waals surface area contributed by atoms with Gasteiger partial charge in [0.2, 0.25) is 0 Å². The van der Waals surface area contributed by atoms with Crippen molar-refractivity contribution in [3.8, 4) is 11.8 Å². The Morgan fingerprint density at radius 3 is 2.79 bits per heavy atom. The van der Waals surface area contributed by atoms with Crippen molar-refractivity contribution in [3.05, 3.63) is 29.8 Å². The molecule has 0 aliphatic heterocycles. The molecule has 1 aromatic rings. The van der Waals surface area contributed by atoms with E-state index in [2.05, 4.69) is 31.9 Å². The van der Waals surface area contributed by atoms with Gasteiger partial charge in [-0.25, -0.2) is 0 Å². The lowest BCUT2D eigenvalue weighted by atomic mass is 10.1. The van der Waals surface area contributed by atoms with Crippen LogP contribution >= 0.6 is 0 Å². The predicted octanol–water partition coefficient (Wildman–Crippen LogP) is 3.31. The Kier molecular flexibility index (Phi) is 6.99. The van der Waals surface area contributed by atoms with Crippen molar-refractivity contribution in [1.82, 2.24) is 4.90 Å². The lowest BCUT2D eigenvalue weighted by Crippen LogP contribution is -2.26. The van der Waals surface area contributed by atoms with E-state index in [1.807, 2.05) is 18.2 Å². The molecule has 19 heavy (non-hydrogen) atoms. The van der Waals surface area contributed by atoms with Crippen LogP contribution in [0.5, 0.6) is 5.75 Å². The van der Waals surface area contributed by atoms with Crippen LogP contribution < -0.4 is 4.74 Å². The number of para-hydroxylation sites is 1. The van der Waals surface area contributed by atoms with Gasteiger partial charge >= 0.3 is 0 Å². The molecule has 0 saturated carbocycles. The molecule has 0 aliphatic carbocycles. The molecule has 1 rings (SSSR count). The summed E-state index contributed by atoms with van der Waals surface area (Å²) < 4.78 is 5.66. The second-order valence-electron chi connectivity index (χ2n) is 5.09. The zero-order valence-corrected chi connectivity index (χ0v) is 12.2. The highest BCUT2D eigenvalue weighted by atomic mass is 16.5. The lowest BCUT2D eigenvalue weighted by Gasteiger charge is -2.20. The molecule has 0 saturated heterocycles. The van der Waals surface area contributed by atoms with Crippen molar-refractivity contribution in [3.63, 3.8) is 0 Å². The van der Waals surface area contributed by atoms with Crippen LogP contribution in [0.15, 0.2) is 24.3 Å². The summed E-state index contributed by atoms with van der Waals surface area (Å²) in [4.78, 5) is 2.34. The van der Waals surface area contributed by atoms with Crippen molar-refractivity contribution in [2.24, 2.45) is 5.92 Å². The van der Waals surface area contributed by atoms with Gasteiger partial charge in [0.05, 0.1) is 12.2 Å². The number of nitriles is 1. The molecule has 1 unspecified atom stereocenters. The van der Waals surface area contributed by atoms with Gasteiger partial charge in [-0.15, -0.1) is 0 Å². The number of benzene rings is 1. The SMILES string of the molecule is CCC(C)CN(C)CCCOc1ccccc1C#N. The average Bonchev–Trinajstić information content (AvgIpc) is 2.43. The Morgan fingerprint density at radius 2 is 2.11 bits per heavy atom. The first-order chi connectivity index (χ1) is 9.17. The van der Waals surface area contributed by atoms with Gasteiger partial charge in [0.25, 0.3) is 0 Å². The molecule has 3 nitrogen and oxygen atoms in total. The van der Waals surface area contributed by atoms with E-state index in [9.17, 15) is 0 Å². The Morgan fingerprint density at radius 1 is 1.37 bits per heavy atom. The summed E-state index contributed by atoms with van der Waals surface area (Å²) in [5.74, 6) is 1.43. The normalized spacial score (nSPS) is 12.2. The minimum Gasteiger partial charge on any atom is -0.492 e. The second-order valence-corrected chi connectivity index (χ2v) is 5.09. The molecule has 0 N–H and O–H groups in total. The van der Waals surface area contributed by atoms with Gasteiger partial charge in [0, 0.05) is 13.1 Å². The topological polar surface area (TPSA) is 36.3 Å². The Balaban J connectivity index is 2.26. The van der Waals surface area contributed by atoms with Crippen molar-refractivity contribution >= 4 is 0 Å². The summed E-state index contributed by atoms with van der Waals surface area (Å²) in [6, 6.07) is 9.52. The fraction of sp³-hybridized carbons (Fsp3) is 0.562. The fourth-order valence-electron chi connectivity index (χ4n) is 1.95. The number of hydrogen-bond acceptors (Lipinski definition) is 3. The first kappa shape index (κ1) is 15.5. The van der Waals surface area contributed by atoms with Gasteiger partial charge in [-0.3, -0.25) is 0 Å². The Hall–Kier alpha value is -1.53. The van der Waals surface area contributed by atoms with Crippen LogP contribution in [0.2, 0.25) is 0 Å². The van der Waals surface area contributed by atoms with Crippen LogP contribution in [0, 0.1) is 17.2 Å². The van der Waals surface area contributed by atoms with E-state index < -0.39 is 0 Å². The molecule has 0 aliphatic rings. The average molecular weight is 260 g/mol. The van der Waals surface area contributed by atoms with Gasteiger partial charge in [-0.1, -0.05) is 32.4 Å². The molecule has 0 amide bonds. The molecule has 0 fully saturated rings. The summed E-state index contributed by atoms with van der Waals surface area (Å²) >= 11 is 0. The third-order valence-corrected chi connectivity index (χ3v) is 3.27. The highest BCUT2D eigenvalue weighted by molar-refractivity contribution is 5.42. The van der Waals surface area contributed by atoms with Crippen LogP contribution in [-0.4, -0.2) is 31.6 Å². The highest BCUT2D eigenvalue weighted by Gasteiger charge is 2.05. The lowest BCUT2D eigenvalue weighted by molar-refractivity contribution is 0.241. The summed E-state index contributed by atoms with van der Waals surface area (Å²) in [6.45, 7) is 7.31. The second kappa shape index (κ2) is 8.55. The van der Waals surface area contributed by atoms with Crippen molar-refractivity contribution in [1.29, 1.82) is 5.26 Å². The quantitative estimate of drug-likeness (QED) is 0.673. The molecule has 0 bridgehead atoms. The monoisotopic (exact) mass is 260 g/mol. The zero-order chi connectivity index (χ0) is 14.1. The first-order valence-corrected chi connectivity index (χ1v) is 6.97. The van der Waals surface area contributed by atoms with Gasteiger partial charge in [-0.05, 0) is 31.5 Å². The summed E-state index contributed by atoms with van der Waals surface area (Å²) in [7, 11) is 2.15. The van der Waals surface area contributed by atoms with Crippen LogP contribution in [0.25, 0.3) is 0 Å². The van der Waals surface area contributed by atoms with Crippen molar-refractivity contribution < 1.29 is 4.74 Å². The fourth-order valence-corrected chi connectivity index (χ4v) is 1.95. The maximum atomic E-state index is 8.95. The van der Waals surface area contributed by atoms with E-state index in [-0.39, 0.29) is 0 Å². The van der Waals surface area contributed by atoms with Crippen LogP contribution in [0.3, 0.4) is 0 Å². The third-order valence-electron chi connectivity index (χ3n) is 3.27. The van der Waals surface area contributed by atoms with Gasteiger partial charge in [0.1, 0.15) is 11.8 Å². The van der Waals surface area contributed by atoms with Crippen LogP contribution in [-0.2, 0) is 0 Å². The summed E-state index contributed by atoms with van der Waals surface area (Å²) in [6.07, 6.45) is 2.20. The van der Waals surface area contributed by atoms with E-state index in [0.717, 1.165) is 25.4 Å². The number of nitrogens with zero attached hydrogens (tertiary/aromatic N) is 2. The molecule has 0 aromatic heterocycles. The van der Waals surface area contributed by atoms with E-state index in [4.69, 9.17) is 10.00 Å². The Bertz CT molecular complexity index is 411. The Labute approximate surface area is 116 Å². The maximum absolute atomic E-state index is 8.95. The van der Waals surface area contributed by atoms with E-state index in [1.54, 1.807) is 6.07 Å². The summed E-state index contributed by atoms with van der Waals surface area (Å²) in [5.41, 5.74) is 0.607. The van der Waals surface area contributed by atoms with Crippen LogP contribution in [0.1, 0.15) is 32.3 Å². The van der Waals surface area contributed by atoms with Gasteiger partial charge in [-0.2, -0.15) is 5.26 Å². The molecule has 1 aromatic carbocycles. The molecule has 104 valence electrons. The standard InChI is InChI=1S/C16H24N2O/c1-4-14(2)13-18(3)10-7-11-19-16-9-6-5-8-15(16)12-17/h5-6,8-9,14H,4,7,10-11,13H2,1-3H3. The van der Waals surface area contributed by atoms with E-state index >= 15 is 0 Å². The molecular weight excluding hydrogens is 236 g/mol. The molecular formula is C16H24N2O. The maximum Gasteiger partial charge on any atom is 0.137 e. The predicted molar refractivity (Wildman–Crippen MR) is 78.2 cm³/mol. The smallest absolute Gasteiger partial charge is 0.137 e. The third kappa shape index (κ3) is 5.76. The number of ether oxygens (including phenoxy) is 1. The highest BCUT2D eigenvalue weighted by Crippen LogP contribution is 2.16. The minimum absolute atomic E-state index is 0.607. The van der Waals surface area contributed by atoms with Crippen LogP contribution in [0.4, 0.5) is 0 Å². The number of hydrogen-bond donors (Lipinski definition) is 0. The van der Waals surface area contributed by atoms with E-state index in [0.29, 0.717) is 17.9 Å². The molecule has 0 radical (unpaired) electrons. The van der Waals surface area contributed by atoms with Crippen molar-refractivity contribution in [2.75, 3.05) is 26.7 Å². The molecule has 1 atom stereocenters. The molecule has 0 heterocycles. The summed E-state index contributed by atoms with van der Waals surface area (Å²) in [5, 5.41) is 8.95. The zero-order valence-electron chi connectivity index (χ0n) is 12.2.